The molecule has 1 aromatic rings. The molecule has 1 aliphatic carbocycles. The molecule has 2 rings (SSSR count). The third kappa shape index (κ3) is 4.70. The van der Waals surface area contributed by atoms with Gasteiger partial charge >= 0.3 is 5.97 Å². The number of hydrogen-bond acceptors (Lipinski definition) is 4. The molecule has 2 amide bonds. The molecule has 0 saturated heterocycles. The Morgan fingerprint density at radius 3 is 2.38 bits per heavy atom. The molecule has 0 unspecified atom stereocenters. The first-order valence-corrected chi connectivity index (χ1v) is 7.22. The predicted molar refractivity (Wildman–Crippen MR) is 76.4 cm³/mol. The first-order chi connectivity index (χ1) is 10.2. The van der Waals surface area contributed by atoms with Gasteiger partial charge in [0.2, 0.25) is 0 Å². The summed E-state index contributed by atoms with van der Waals surface area (Å²) in [6.45, 7) is -0.409. The van der Waals surface area contributed by atoms with Gasteiger partial charge in [-0.25, -0.2) is 0 Å². The number of carbonyl (C=O) groups is 3. The van der Waals surface area contributed by atoms with Gasteiger partial charge in [-0.3, -0.25) is 19.7 Å². The van der Waals surface area contributed by atoms with Gasteiger partial charge in [-0.2, -0.15) is 0 Å². The van der Waals surface area contributed by atoms with E-state index in [-0.39, 0.29) is 11.9 Å². The molecule has 1 aliphatic rings. The maximum atomic E-state index is 11.8. The quantitative estimate of drug-likeness (QED) is 0.861. The van der Waals surface area contributed by atoms with Gasteiger partial charge in [-0.15, -0.1) is 0 Å². The highest BCUT2D eigenvalue weighted by Crippen LogP contribution is 2.24. The van der Waals surface area contributed by atoms with E-state index in [2.05, 4.69) is 5.32 Å². The van der Waals surface area contributed by atoms with Crippen molar-refractivity contribution in [3.63, 3.8) is 0 Å². The van der Waals surface area contributed by atoms with E-state index >= 15 is 0 Å². The Balaban J connectivity index is 1.74. The third-order valence-electron chi connectivity index (χ3n) is 3.57. The van der Waals surface area contributed by atoms with Crippen molar-refractivity contribution in [3.05, 3.63) is 35.9 Å². The zero-order valence-corrected chi connectivity index (χ0v) is 11.8. The van der Waals surface area contributed by atoms with Crippen molar-refractivity contribution in [2.75, 3.05) is 6.61 Å². The first kappa shape index (κ1) is 15.2. The van der Waals surface area contributed by atoms with E-state index < -0.39 is 18.4 Å². The number of hydrogen-bond donors (Lipinski definition) is 1. The average molecular weight is 289 g/mol. The molecule has 21 heavy (non-hydrogen) atoms. The van der Waals surface area contributed by atoms with Crippen molar-refractivity contribution in [2.24, 2.45) is 5.92 Å². The number of amides is 2. The lowest BCUT2D eigenvalue weighted by Gasteiger charge is -2.19. The SMILES string of the molecule is O=C(COC(=O)C1CCCCC1)NC(=O)c1ccccc1. The van der Waals surface area contributed by atoms with E-state index in [1.807, 2.05) is 0 Å². The van der Waals surface area contributed by atoms with Gasteiger partial charge in [0.15, 0.2) is 6.61 Å². The van der Waals surface area contributed by atoms with Gasteiger partial charge in [0.05, 0.1) is 5.92 Å². The Morgan fingerprint density at radius 1 is 1.05 bits per heavy atom. The molecule has 0 heterocycles. The molecule has 1 N–H and O–H groups in total. The number of rotatable bonds is 4. The Hall–Kier alpha value is -2.17. The summed E-state index contributed by atoms with van der Waals surface area (Å²) in [7, 11) is 0. The Kier molecular flexibility index (Phi) is 5.49. The van der Waals surface area contributed by atoms with Crippen molar-refractivity contribution in [2.45, 2.75) is 32.1 Å². The molecule has 112 valence electrons. The van der Waals surface area contributed by atoms with Gasteiger partial charge in [0.1, 0.15) is 0 Å². The van der Waals surface area contributed by atoms with Crippen LogP contribution in [0.3, 0.4) is 0 Å². The van der Waals surface area contributed by atoms with Crippen LogP contribution in [0.15, 0.2) is 30.3 Å². The summed E-state index contributed by atoms with van der Waals surface area (Å²) < 4.78 is 4.98. The monoisotopic (exact) mass is 289 g/mol. The van der Waals surface area contributed by atoms with E-state index in [0.717, 1.165) is 32.1 Å². The topological polar surface area (TPSA) is 72.5 Å². The van der Waals surface area contributed by atoms with Gasteiger partial charge in [-0.1, -0.05) is 37.5 Å². The smallest absolute Gasteiger partial charge is 0.309 e. The van der Waals surface area contributed by atoms with Crippen molar-refractivity contribution in [3.8, 4) is 0 Å². The highest BCUT2D eigenvalue weighted by Gasteiger charge is 2.23. The van der Waals surface area contributed by atoms with Gasteiger partial charge in [-0.05, 0) is 25.0 Å². The number of benzene rings is 1. The summed E-state index contributed by atoms with van der Waals surface area (Å²) in [5.41, 5.74) is 0.393. The predicted octanol–water partition coefficient (Wildman–Crippen LogP) is 2.07. The minimum Gasteiger partial charge on any atom is -0.455 e. The van der Waals surface area contributed by atoms with Crippen LogP contribution in [0.25, 0.3) is 0 Å². The van der Waals surface area contributed by atoms with Crippen molar-refractivity contribution in [1.82, 2.24) is 5.32 Å². The van der Waals surface area contributed by atoms with E-state index in [1.165, 1.54) is 0 Å². The molecule has 1 saturated carbocycles. The molecule has 0 bridgehead atoms. The Bertz CT molecular complexity index is 506. The standard InChI is InChI=1S/C16H19NO4/c18-14(17-15(19)12-7-3-1-4-8-12)11-21-16(20)13-9-5-2-6-10-13/h1,3-4,7-8,13H,2,5-6,9-11H2,(H,17,18,19). The fourth-order valence-electron chi connectivity index (χ4n) is 2.42. The van der Waals surface area contributed by atoms with Crippen molar-refractivity contribution >= 4 is 17.8 Å². The van der Waals surface area contributed by atoms with E-state index in [1.54, 1.807) is 30.3 Å². The molecule has 0 atom stereocenters. The summed E-state index contributed by atoms with van der Waals surface area (Å²) >= 11 is 0. The fourth-order valence-corrected chi connectivity index (χ4v) is 2.42. The Labute approximate surface area is 123 Å². The highest BCUT2D eigenvalue weighted by atomic mass is 16.5. The van der Waals surface area contributed by atoms with Crippen LogP contribution >= 0.6 is 0 Å². The van der Waals surface area contributed by atoms with Crippen LogP contribution in [0.4, 0.5) is 0 Å². The molecule has 0 spiro atoms. The molecular formula is C16H19NO4. The summed E-state index contributed by atoms with van der Waals surface area (Å²) in [6, 6.07) is 8.42. The number of imide groups is 1. The van der Waals surface area contributed by atoms with Gasteiger partial charge in [0.25, 0.3) is 11.8 Å². The minimum absolute atomic E-state index is 0.101. The molecule has 0 aliphatic heterocycles. The molecule has 5 heteroatoms. The lowest BCUT2D eigenvalue weighted by Crippen LogP contribution is -2.35. The number of ether oxygens (including phenoxy) is 1. The summed E-state index contributed by atoms with van der Waals surface area (Å²) in [5.74, 6) is -1.53. The van der Waals surface area contributed by atoms with Crippen LogP contribution in [-0.2, 0) is 14.3 Å². The maximum absolute atomic E-state index is 11.8. The molecular weight excluding hydrogens is 270 g/mol. The Morgan fingerprint density at radius 2 is 1.71 bits per heavy atom. The highest BCUT2D eigenvalue weighted by molar-refractivity contribution is 6.05. The maximum Gasteiger partial charge on any atom is 0.309 e. The van der Waals surface area contributed by atoms with Crippen LogP contribution in [0.2, 0.25) is 0 Å². The molecule has 5 nitrogen and oxygen atoms in total. The van der Waals surface area contributed by atoms with E-state index in [0.29, 0.717) is 5.56 Å². The van der Waals surface area contributed by atoms with Crippen LogP contribution in [0.5, 0.6) is 0 Å². The molecule has 1 fully saturated rings. The van der Waals surface area contributed by atoms with Crippen molar-refractivity contribution in [1.29, 1.82) is 0 Å². The normalized spacial score (nSPS) is 15.2. The first-order valence-electron chi connectivity index (χ1n) is 7.22. The molecule has 1 aromatic carbocycles. The number of carbonyl (C=O) groups excluding carboxylic acids is 3. The summed E-state index contributed by atoms with van der Waals surface area (Å²) in [4.78, 5) is 35.1. The second-order valence-corrected chi connectivity index (χ2v) is 5.19. The fraction of sp³-hybridized carbons (Fsp3) is 0.438. The minimum atomic E-state index is -0.604. The second-order valence-electron chi connectivity index (χ2n) is 5.19. The van der Waals surface area contributed by atoms with E-state index in [4.69, 9.17) is 4.74 Å². The zero-order valence-electron chi connectivity index (χ0n) is 11.8. The molecule has 0 radical (unpaired) electrons. The zero-order chi connectivity index (χ0) is 15.1. The van der Waals surface area contributed by atoms with Crippen LogP contribution in [0.1, 0.15) is 42.5 Å². The van der Waals surface area contributed by atoms with Crippen LogP contribution in [0, 0.1) is 5.92 Å². The largest absolute Gasteiger partial charge is 0.455 e. The van der Waals surface area contributed by atoms with E-state index in [9.17, 15) is 14.4 Å². The molecule has 0 aromatic heterocycles. The lowest BCUT2D eigenvalue weighted by molar-refractivity contribution is -0.153. The van der Waals surface area contributed by atoms with Crippen LogP contribution in [-0.4, -0.2) is 24.4 Å². The van der Waals surface area contributed by atoms with Gasteiger partial charge in [0, 0.05) is 5.56 Å². The van der Waals surface area contributed by atoms with Crippen molar-refractivity contribution < 1.29 is 19.1 Å². The van der Waals surface area contributed by atoms with Crippen LogP contribution < -0.4 is 5.32 Å². The lowest BCUT2D eigenvalue weighted by atomic mass is 9.89. The number of esters is 1. The second kappa shape index (κ2) is 7.57. The summed E-state index contributed by atoms with van der Waals surface area (Å²) in [6.07, 6.45) is 4.85. The summed E-state index contributed by atoms with van der Waals surface area (Å²) in [5, 5.41) is 2.20. The van der Waals surface area contributed by atoms with Gasteiger partial charge < -0.3 is 4.74 Å². The average Bonchev–Trinajstić information content (AvgIpc) is 2.54. The third-order valence-corrected chi connectivity index (χ3v) is 3.57. The number of nitrogens with one attached hydrogen (secondary N) is 1.